The van der Waals surface area contributed by atoms with E-state index in [0.717, 1.165) is 0 Å². The molecular formula is C16H18O2. The number of hydrogen-bond donors (Lipinski definition) is 0. The largest absolute Gasteiger partial charge is 0.465 e. The van der Waals surface area contributed by atoms with E-state index < -0.39 is 0 Å². The first kappa shape index (κ1) is 14.0. The Morgan fingerprint density at radius 3 is 1.83 bits per heavy atom. The standard InChI is InChI=1S/C8H8O2.C8H10/c1-10-8(9)7-5-3-2-4-6-7;1-7-4-3-5-8(2)6-7/h2-6H,1H3;3-6H,1-2H3. The summed E-state index contributed by atoms with van der Waals surface area (Å²) in [7, 11) is 1.37. The fourth-order valence-corrected chi connectivity index (χ4v) is 1.50. The lowest BCUT2D eigenvalue weighted by Crippen LogP contribution is -1.99. The molecule has 2 nitrogen and oxygen atoms in total. The second-order valence-corrected chi connectivity index (χ2v) is 4.02. The number of carbonyl (C=O) groups excluding carboxylic acids is 1. The van der Waals surface area contributed by atoms with Crippen LogP contribution < -0.4 is 0 Å². The Morgan fingerprint density at radius 2 is 1.44 bits per heavy atom. The molecule has 0 N–H and O–H groups in total. The molecule has 0 unspecified atom stereocenters. The summed E-state index contributed by atoms with van der Waals surface area (Å²) in [6.07, 6.45) is 0. The molecule has 0 aromatic heterocycles. The third-order valence-corrected chi connectivity index (χ3v) is 2.37. The van der Waals surface area contributed by atoms with E-state index in [9.17, 15) is 4.79 Å². The van der Waals surface area contributed by atoms with Gasteiger partial charge in [0.15, 0.2) is 0 Å². The van der Waals surface area contributed by atoms with Crippen LogP contribution in [-0.2, 0) is 4.74 Å². The molecule has 94 valence electrons. The number of ether oxygens (including phenoxy) is 1. The number of rotatable bonds is 1. The summed E-state index contributed by atoms with van der Waals surface area (Å²) in [5.41, 5.74) is 3.26. The molecular weight excluding hydrogens is 224 g/mol. The zero-order valence-corrected chi connectivity index (χ0v) is 11.0. The van der Waals surface area contributed by atoms with E-state index in [1.165, 1.54) is 18.2 Å². The summed E-state index contributed by atoms with van der Waals surface area (Å²) >= 11 is 0. The first-order chi connectivity index (χ1) is 8.63. The first-order valence-electron chi connectivity index (χ1n) is 5.80. The van der Waals surface area contributed by atoms with Crippen molar-refractivity contribution in [3.8, 4) is 0 Å². The molecule has 0 aliphatic rings. The predicted molar refractivity (Wildman–Crippen MR) is 73.7 cm³/mol. The van der Waals surface area contributed by atoms with Crippen molar-refractivity contribution in [3.63, 3.8) is 0 Å². The number of aryl methyl sites for hydroxylation is 2. The molecule has 0 bridgehead atoms. The van der Waals surface area contributed by atoms with Crippen LogP contribution in [0, 0.1) is 13.8 Å². The van der Waals surface area contributed by atoms with E-state index in [-0.39, 0.29) is 5.97 Å². The number of benzene rings is 2. The topological polar surface area (TPSA) is 26.3 Å². The van der Waals surface area contributed by atoms with E-state index in [2.05, 4.69) is 42.8 Å². The van der Waals surface area contributed by atoms with Crippen molar-refractivity contribution in [1.82, 2.24) is 0 Å². The summed E-state index contributed by atoms with van der Waals surface area (Å²) in [4.78, 5) is 10.8. The predicted octanol–water partition coefficient (Wildman–Crippen LogP) is 3.78. The van der Waals surface area contributed by atoms with Crippen LogP contribution in [0.1, 0.15) is 21.5 Å². The zero-order chi connectivity index (χ0) is 13.4. The molecule has 0 saturated heterocycles. The van der Waals surface area contributed by atoms with Gasteiger partial charge in [-0.3, -0.25) is 0 Å². The molecule has 0 spiro atoms. The Hall–Kier alpha value is -2.09. The van der Waals surface area contributed by atoms with Crippen LogP contribution in [0.2, 0.25) is 0 Å². The number of hydrogen-bond acceptors (Lipinski definition) is 2. The zero-order valence-electron chi connectivity index (χ0n) is 11.0. The second kappa shape index (κ2) is 7.28. The van der Waals surface area contributed by atoms with Crippen LogP contribution in [-0.4, -0.2) is 13.1 Å². The third kappa shape index (κ3) is 4.83. The normalized spacial score (nSPS) is 9.06. The average Bonchev–Trinajstić information content (AvgIpc) is 2.39. The third-order valence-electron chi connectivity index (χ3n) is 2.37. The lowest BCUT2D eigenvalue weighted by atomic mass is 10.2. The molecule has 0 atom stereocenters. The summed E-state index contributed by atoms with van der Waals surface area (Å²) in [6.45, 7) is 4.21. The van der Waals surface area contributed by atoms with E-state index in [1.54, 1.807) is 24.3 Å². The molecule has 2 rings (SSSR count). The summed E-state index contributed by atoms with van der Waals surface area (Å²) in [6, 6.07) is 17.3. The Kier molecular flexibility index (Phi) is 5.65. The molecule has 0 radical (unpaired) electrons. The number of methoxy groups -OCH3 is 1. The van der Waals surface area contributed by atoms with E-state index in [4.69, 9.17) is 0 Å². The van der Waals surface area contributed by atoms with Crippen molar-refractivity contribution >= 4 is 5.97 Å². The van der Waals surface area contributed by atoms with Gasteiger partial charge in [0.2, 0.25) is 0 Å². The SMILES string of the molecule is COC(=O)c1ccccc1.Cc1cccc(C)c1. The minimum absolute atomic E-state index is 0.291. The van der Waals surface area contributed by atoms with Crippen molar-refractivity contribution < 1.29 is 9.53 Å². The molecule has 0 heterocycles. The van der Waals surface area contributed by atoms with Gasteiger partial charge in [0.1, 0.15) is 0 Å². The highest BCUT2D eigenvalue weighted by atomic mass is 16.5. The molecule has 2 heteroatoms. The maximum Gasteiger partial charge on any atom is 0.337 e. The molecule has 18 heavy (non-hydrogen) atoms. The van der Waals surface area contributed by atoms with Gasteiger partial charge in [0.25, 0.3) is 0 Å². The van der Waals surface area contributed by atoms with Gasteiger partial charge in [0.05, 0.1) is 12.7 Å². The quantitative estimate of drug-likeness (QED) is 0.711. The van der Waals surface area contributed by atoms with Gasteiger partial charge in [0, 0.05) is 0 Å². The lowest BCUT2D eigenvalue weighted by Gasteiger charge is -1.95. The molecule has 0 amide bonds. The van der Waals surface area contributed by atoms with Gasteiger partial charge in [-0.2, -0.15) is 0 Å². The maximum atomic E-state index is 10.8. The Morgan fingerprint density at radius 1 is 0.889 bits per heavy atom. The minimum atomic E-state index is -0.291. The van der Waals surface area contributed by atoms with Crippen molar-refractivity contribution in [2.45, 2.75) is 13.8 Å². The smallest absolute Gasteiger partial charge is 0.337 e. The van der Waals surface area contributed by atoms with E-state index >= 15 is 0 Å². The first-order valence-corrected chi connectivity index (χ1v) is 5.80. The summed E-state index contributed by atoms with van der Waals surface area (Å²) in [5.74, 6) is -0.291. The minimum Gasteiger partial charge on any atom is -0.465 e. The molecule has 0 fully saturated rings. The molecule has 0 aliphatic carbocycles. The van der Waals surface area contributed by atoms with Crippen molar-refractivity contribution in [2.24, 2.45) is 0 Å². The maximum absolute atomic E-state index is 10.8. The number of esters is 1. The fraction of sp³-hybridized carbons (Fsp3) is 0.188. The Bertz CT molecular complexity index is 472. The average molecular weight is 242 g/mol. The van der Waals surface area contributed by atoms with Gasteiger partial charge in [-0.25, -0.2) is 4.79 Å². The highest BCUT2D eigenvalue weighted by Gasteiger charge is 2.00. The summed E-state index contributed by atoms with van der Waals surface area (Å²) in [5, 5.41) is 0. The van der Waals surface area contributed by atoms with Crippen LogP contribution in [0.4, 0.5) is 0 Å². The highest BCUT2D eigenvalue weighted by Crippen LogP contribution is 2.00. The van der Waals surface area contributed by atoms with Gasteiger partial charge in [-0.15, -0.1) is 0 Å². The lowest BCUT2D eigenvalue weighted by molar-refractivity contribution is 0.0601. The van der Waals surface area contributed by atoms with Crippen molar-refractivity contribution in [1.29, 1.82) is 0 Å². The highest BCUT2D eigenvalue weighted by molar-refractivity contribution is 5.89. The van der Waals surface area contributed by atoms with Gasteiger partial charge in [-0.05, 0) is 26.0 Å². The Balaban J connectivity index is 0.000000184. The second-order valence-electron chi connectivity index (χ2n) is 4.02. The monoisotopic (exact) mass is 242 g/mol. The van der Waals surface area contributed by atoms with Crippen LogP contribution in [0.15, 0.2) is 54.6 Å². The van der Waals surface area contributed by atoms with E-state index in [0.29, 0.717) is 5.56 Å². The Labute approximate surface area is 108 Å². The molecule has 0 aliphatic heterocycles. The van der Waals surface area contributed by atoms with Gasteiger partial charge < -0.3 is 4.74 Å². The summed E-state index contributed by atoms with van der Waals surface area (Å²) < 4.78 is 4.50. The van der Waals surface area contributed by atoms with Gasteiger partial charge in [-0.1, -0.05) is 53.6 Å². The molecule has 2 aromatic carbocycles. The molecule has 2 aromatic rings. The van der Waals surface area contributed by atoms with Crippen molar-refractivity contribution in [3.05, 3.63) is 71.3 Å². The van der Waals surface area contributed by atoms with Crippen LogP contribution in [0.5, 0.6) is 0 Å². The van der Waals surface area contributed by atoms with Crippen LogP contribution >= 0.6 is 0 Å². The van der Waals surface area contributed by atoms with E-state index in [1.807, 2.05) is 6.07 Å². The van der Waals surface area contributed by atoms with Crippen LogP contribution in [0.25, 0.3) is 0 Å². The fourth-order valence-electron chi connectivity index (χ4n) is 1.50. The molecule has 0 saturated carbocycles. The van der Waals surface area contributed by atoms with Gasteiger partial charge >= 0.3 is 5.97 Å². The van der Waals surface area contributed by atoms with Crippen molar-refractivity contribution in [2.75, 3.05) is 7.11 Å². The number of carbonyl (C=O) groups is 1. The van der Waals surface area contributed by atoms with Crippen LogP contribution in [0.3, 0.4) is 0 Å².